The summed E-state index contributed by atoms with van der Waals surface area (Å²) in [5.74, 6) is -0.450. The van der Waals surface area contributed by atoms with Crippen molar-refractivity contribution in [2.75, 3.05) is 19.8 Å². The lowest BCUT2D eigenvalue weighted by Crippen LogP contribution is -2.34. The molecule has 1 atom stereocenters. The summed E-state index contributed by atoms with van der Waals surface area (Å²) in [6.07, 6.45) is 2.11. The minimum Gasteiger partial charge on any atom is -0.462 e. The van der Waals surface area contributed by atoms with Gasteiger partial charge in [-0.25, -0.2) is 4.79 Å². The van der Waals surface area contributed by atoms with Gasteiger partial charge >= 0.3 is 5.97 Å². The van der Waals surface area contributed by atoms with E-state index in [0.717, 1.165) is 42.0 Å². The summed E-state index contributed by atoms with van der Waals surface area (Å²) in [5.41, 5.74) is 3.93. The Hall–Kier alpha value is -2.60. The van der Waals surface area contributed by atoms with Gasteiger partial charge in [-0.05, 0) is 44.7 Å². The molecule has 3 rings (SSSR count). The summed E-state index contributed by atoms with van der Waals surface area (Å²) in [4.78, 5) is 25.1. The minimum atomic E-state index is -0.354. The van der Waals surface area contributed by atoms with Crippen molar-refractivity contribution in [1.82, 2.24) is 9.88 Å². The predicted molar refractivity (Wildman–Crippen MR) is 107 cm³/mol. The molecule has 1 N–H and O–H groups in total. The van der Waals surface area contributed by atoms with E-state index < -0.39 is 0 Å². The van der Waals surface area contributed by atoms with Gasteiger partial charge in [0.1, 0.15) is 6.54 Å². The topological polar surface area (TPSA) is 69.6 Å². The number of ether oxygens (including phenoxy) is 2. The second kappa shape index (κ2) is 9.06. The second-order valence-electron chi connectivity index (χ2n) is 7.05. The van der Waals surface area contributed by atoms with Crippen LogP contribution in [0.25, 0.3) is 11.3 Å². The van der Waals surface area contributed by atoms with E-state index in [0.29, 0.717) is 18.7 Å². The number of nitrogens with one attached hydrogen (secondary N) is 1. The fourth-order valence-corrected chi connectivity index (χ4v) is 3.80. The number of benzene rings is 1. The third kappa shape index (κ3) is 4.28. The normalized spacial score (nSPS) is 16.2. The molecule has 1 saturated heterocycles. The highest BCUT2D eigenvalue weighted by Gasteiger charge is 2.25. The zero-order valence-corrected chi connectivity index (χ0v) is 16.8. The number of rotatable bonds is 7. The molecule has 0 saturated carbocycles. The van der Waals surface area contributed by atoms with Crippen molar-refractivity contribution in [1.29, 1.82) is 0 Å². The smallest absolute Gasteiger partial charge is 0.340 e. The van der Waals surface area contributed by atoms with Gasteiger partial charge in [0.25, 0.3) is 0 Å². The first-order chi connectivity index (χ1) is 13.5. The van der Waals surface area contributed by atoms with Gasteiger partial charge in [0.05, 0.1) is 24.0 Å². The summed E-state index contributed by atoms with van der Waals surface area (Å²) in [6, 6.07) is 9.81. The molecule has 1 unspecified atom stereocenters. The molecular formula is C22H28N2O4. The molecule has 2 aromatic rings. The second-order valence-corrected chi connectivity index (χ2v) is 7.05. The highest BCUT2D eigenvalue weighted by Crippen LogP contribution is 2.31. The average molecular weight is 384 g/mol. The molecule has 150 valence electrons. The Morgan fingerprint density at radius 1 is 1.25 bits per heavy atom. The predicted octanol–water partition coefficient (Wildman–Crippen LogP) is 3.24. The summed E-state index contributed by atoms with van der Waals surface area (Å²) < 4.78 is 12.7. The molecule has 0 spiro atoms. The zero-order chi connectivity index (χ0) is 20.1. The standard InChI is InChI=1S/C22H28N2O4/c1-4-27-22(26)20-15(2)21(17-9-6-5-7-10-17)24(16(20)3)14-19(25)23-13-18-11-8-12-28-18/h5-7,9-10,18H,4,8,11-14H2,1-3H3,(H,23,25). The van der Waals surface area contributed by atoms with Gasteiger partial charge in [-0.1, -0.05) is 30.3 Å². The number of carbonyl (C=O) groups excluding carboxylic acids is 2. The number of nitrogens with zero attached hydrogens (tertiary/aromatic N) is 1. The maximum atomic E-state index is 12.6. The molecule has 2 heterocycles. The molecule has 1 aromatic carbocycles. The number of esters is 1. The molecule has 0 bridgehead atoms. The van der Waals surface area contributed by atoms with Crippen LogP contribution in [0.1, 0.15) is 41.4 Å². The van der Waals surface area contributed by atoms with E-state index in [-0.39, 0.29) is 24.5 Å². The highest BCUT2D eigenvalue weighted by atomic mass is 16.5. The molecule has 1 aliphatic rings. The van der Waals surface area contributed by atoms with Crippen LogP contribution in [0.2, 0.25) is 0 Å². The van der Waals surface area contributed by atoms with Gasteiger partial charge in [0, 0.05) is 18.8 Å². The Bertz CT molecular complexity index is 836. The molecule has 6 nitrogen and oxygen atoms in total. The van der Waals surface area contributed by atoms with Gasteiger partial charge in [-0.2, -0.15) is 0 Å². The molecule has 1 aliphatic heterocycles. The van der Waals surface area contributed by atoms with E-state index in [4.69, 9.17) is 9.47 Å². The molecule has 1 fully saturated rings. The number of amides is 1. The lowest BCUT2D eigenvalue weighted by Gasteiger charge is -2.15. The van der Waals surface area contributed by atoms with Crippen LogP contribution in [0.15, 0.2) is 30.3 Å². The number of aromatic nitrogens is 1. The molecule has 1 amide bonds. The third-order valence-corrected chi connectivity index (χ3v) is 5.15. The van der Waals surface area contributed by atoms with Crippen molar-refractivity contribution >= 4 is 11.9 Å². The monoisotopic (exact) mass is 384 g/mol. The van der Waals surface area contributed by atoms with Gasteiger partial charge < -0.3 is 19.4 Å². The Kier molecular flexibility index (Phi) is 6.52. The van der Waals surface area contributed by atoms with Crippen LogP contribution < -0.4 is 5.32 Å². The van der Waals surface area contributed by atoms with Crippen LogP contribution in [0.4, 0.5) is 0 Å². The largest absolute Gasteiger partial charge is 0.462 e. The first-order valence-electron chi connectivity index (χ1n) is 9.83. The molecule has 0 aliphatic carbocycles. The van der Waals surface area contributed by atoms with Gasteiger partial charge in [-0.15, -0.1) is 0 Å². The average Bonchev–Trinajstić information content (AvgIpc) is 3.28. The Morgan fingerprint density at radius 3 is 2.64 bits per heavy atom. The maximum Gasteiger partial charge on any atom is 0.340 e. The molecule has 6 heteroatoms. The van der Waals surface area contributed by atoms with Crippen LogP contribution in [0.5, 0.6) is 0 Å². The summed E-state index contributed by atoms with van der Waals surface area (Å²) in [6.45, 7) is 7.28. The Balaban J connectivity index is 1.90. The molecular weight excluding hydrogens is 356 g/mol. The van der Waals surface area contributed by atoms with Crippen molar-refractivity contribution in [3.63, 3.8) is 0 Å². The maximum absolute atomic E-state index is 12.6. The molecule has 28 heavy (non-hydrogen) atoms. The fraction of sp³-hybridized carbons (Fsp3) is 0.455. The first kappa shape index (κ1) is 20.1. The quantitative estimate of drug-likeness (QED) is 0.744. The summed E-state index contributed by atoms with van der Waals surface area (Å²) in [5, 5.41) is 2.96. The number of hydrogen-bond donors (Lipinski definition) is 1. The van der Waals surface area contributed by atoms with E-state index in [1.807, 2.05) is 48.7 Å². The first-order valence-corrected chi connectivity index (χ1v) is 9.83. The van der Waals surface area contributed by atoms with Crippen LogP contribution in [-0.4, -0.2) is 42.3 Å². The minimum absolute atomic E-state index is 0.0961. The van der Waals surface area contributed by atoms with E-state index in [9.17, 15) is 9.59 Å². The van der Waals surface area contributed by atoms with E-state index >= 15 is 0 Å². The Labute approximate surface area is 165 Å². The van der Waals surface area contributed by atoms with Crippen LogP contribution in [-0.2, 0) is 20.8 Å². The number of carbonyl (C=O) groups is 2. The van der Waals surface area contributed by atoms with Crippen LogP contribution in [0.3, 0.4) is 0 Å². The van der Waals surface area contributed by atoms with E-state index in [1.54, 1.807) is 6.92 Å². The van der Waals surface area contributed by atoms with Gasteiger partial charge in [0.15, 0.2) is 0 Å². The third-order valence-electron chi connectivity index (χ3n) is 5.15. The van der Waals surface area contributed by atoms with Crippen molar-refractivity contribution < 1.29 is 19.1 Å². The van der Waals surface area contributed by atoms with Crippen molar-refractivity contribution in [3.05, 3.63) is 47.2 Å². The summed E-state index contributed by atoms with van der Waals surface area (Å²) >= 11 is 0. The SMILES string of the molecule is CCOC(=O)c1c(C)c(-c2ccccc2)n(CC(=O)NCC2CCCO2)c1C. The van der Waals surface area contributed by atoms with Crippen molar-refractivity contribution in [3.8, 4) is 11.3 Å². The lowest BCUT2D eigenvalue weighted by molar-refractivity contribution is -0.122. The zero-order valence-electron chi connectivity index (χ0n) is 16.8. The molecule has 0 radical (unpaired) electrons. The van der Waals surface area contributed by atoms with Crippen molar-refractivity contribution in [2.24, 2.45) is 0 Å². The van der Waals surface area contributed by atoms with E-state index in [1.165, 1.54) is 0 Å². The van der Waals surface area contributed by atoms with Crippen LogP contribution >= 0.6 is 0 Å². The van der Waals surface area contributed by atoms with Gasteiger partial charge in [-0.3, -0.25) is 4.79 Å². The summed E-state index contributed by atoms with van der Waals surface area (Å²) in [7, 11) is 0. The van der Waals surface area contributed by atoms with Crippen LogP contribution in [0, 0.1) is 13.8 Å². The lowest BCUT2D eigenvalue weighted by atomic mass is 10.1. The highest BCUT2D eigenvalue weighted by molar-refractivity contribution is 5.95. The molecule has 1 aromatic heterocycles. The van der Waals surface area contributed by atoms with E-state index in [2.05, 4.69) is 5.32 Å². The number of hydrogen-bond acceptors (Lipinski definition) is 4. The fourth-order valence-electron chi connectivity index (χ4n) is 3.80. The Morgan fingerprint density at radius 2 is 2.00 bits per heavy atom. The van der Waals surface area contributed by atoms with Crippen molar-refractivity contribution in [2.45, 2.75) is 46.3 Å². The van der Waals surface area contributed by atoms with Gasteiger partial charge in [0.2, 0.25) is 5.91 Å².